The van der Waals surface area contributed by atoms with Gasteiger partial charge in [0.15, 0.2) is 0 Å². The molecule has 2 aliphatic rings. The zero-order chi connectivity index (χ0) is 9.38. The Kier molecular flexibility index (Phi) is 1.77. The number of rotatable bonds is 0. The second kappa shape index (κ2) is 3.10. The quantitative estimate of drug-likeness (QED) is 0.642. The molecule has 0 bridgehead atoms. The summed E-state index contributed by atoms with van der Waals surface area (Å²) in [5.41, 5.74) is 4.30. The number of aromatic nitrogens is 1. The van der Waals surface area contributed by atoms with Crippen LogP contribution in [0.5, 0.6) is 0 Å². The van der Waals surface area contributed by atoms with Crippen molar-refractivity contribution in [3.8, 4) is 0 Å². The highest BCUT2D eigenvalue weighted by atomic mass is 15.0. The van der Waals surface area contributed by atoms with E-state index in [0.29, 0.717) is 0 Å². The molecule has 0 atom stereocenters. The lowest BCUT2D eigenvalue weighted by molar-refractivity contribution is 0.704. The van der Waals surface area contributed by atoms with Crippen molar-refractivity contribution in [1.29, 1.82) is 0 Å². The lowest BCUT2D eigenvalue weighted by atomic mass is 9.92. The molecule has 0 radical (unpaired) electrons. The molecule has 0 aromatic carbocycles. The third kappa shape index (κ3) is 1.13. The molecule has 72 valence electrons. The predicted molar refractivity (Wildman–Crippen MR) is 57.1 cm³/mol. The van der Waals surface area contributed by atoms with E-state index < -0.39 is 0 Å². The van der Waals surface area contributed by atoms with Crippen molar-refractivity contribution in [2.24, 2.45) is 0 Å². The molecule has 0 aliphatic carbocycles. The zero-order valence-electron chi connectivity index (χ0n) is 8.01. The van der Waals surface area contributed by atoms with Gasteiger partial charge in [-0.15, -0.1) is 0 Å². The fourth-order valence-corrected chi connectivity index (χ4v) is 2.21. The number of fused-ring (bicyclic) bond motifs is 2. The Morgan fingerprint density at radius 2 is 2.29 bits per heavy atom. The average Bonchev–Trinajstić information content (AvgIpc) is 2.29. The molecule has 1 aromatic heterocycles. The summed E-state index contributed by atoms with van der Waals surface area (Å²) in [4.78, 5) is 4.34. The van der Waals surface area contributed by atoms with Gasteiger partial charge in [0.25, 0.3) is 0 Å². The van der Waals surface area contributed by atoms with Gasteiger partial charge >= 0.3 is 0 Å². The van der Waals surface area contributed by atoms with E-state index >= 15 is 0 Å². The van der Waals surface area contributed by atoms with Gasteiger partial charge in [-0.1, -0.05) is 0 Å². The van der Waals surface area contributed by atoms with Gasteiger partial charge in [-0.05, 0) is 36.2 Å². The molecule has 1 aromatic rings. The van der Waals surface area contributed by atoms with Gasteiger partial charge in [-0.2, -0.15) is 0 Å². The van der Waals surface area contributed by atoms with E-state index in [2.05, 4.69) is 21.7 Å². The van der Waals surface area contributed by atoms with Crippen molar-refractivity contribution in [3.05, 3.63) is 29.5 Å². The summed E-state index contributed by atoms with van der Waals surface area (Å²) in [7, 11) is 0. The van der Waals surface area contributed by atoms with Crippen LogP contribution in [0.2, 0.25) is 0 Å². The standard InChI is InChI=1S/C11H13N3/c1-2-10-9-3-5-12-6-8(9)7-14-11(10)13-4-1/h1-2,4,12H,3,5-7H2,(H,13,14). The first-order valence-electron chi connectivity index (χ1n) is 5.06. The predicted octanol–water partition coefficient (Wildman–Crippen LogP) is 1.25. The molecule has 0 amide bonds. The van der Waals surface area contributed by atoms with E-state index in [1.807, 2.05) is 12.3 Å². The van der Waals surface area contributed by atoms with Crippen molar-refractivity contribution in [3.63, 3.8) is 0 Å². The average molecular weight is 187 g/mol. The topological polar surface area (TPSA) is 37.0 Å². The minimum Gasteiger partial charge on any atom is -0.366 e. The number of pyridine rings is 1. The first-order chi connectivity index (χ1) is 6.95. The van der Waals surface area contributed by atoms with Gasteiger partial charge in [-0.25, -0.2) is 4.98 Å². The Labute approximate surface area is 83.2 Å². The normalized spacial score (nSPS) is 19.7. The van der Waals surface area contributed by atoms with E-state index in [1.165, 1.54) is 16.7 Å². The third-order valence-corrected chi connectivity index (χ3v) is 2.92. The van der Waals surface area contributed by atoms with Crippen LogP contribution in [0.1, 0.15) is 12.0 Å². The maximum Gasteiger partial charge on any atom is 0.133 e. The molecule has 0 spiro atoms. The third-order valence-electron chi connectivity index (χ3n) is 2.92. The van der Waals surface area contributed by atoms with Crippen molar-refractivity contribution >= 4 is 11.4 Å². The summed E-state index contributed by atoms with van der Waals surface area (Å²) < 4.78 is 0. The highest BCUT2D eigenvalue weighted by Gasteiger charge is 2.20. The van der Waals surface area contributed by atoms with Crippen LogP contribution >= 0.6 is 0 Å². The lowest BCUT2D eigenvalue weighted by Crippen LogP contribution is -2.30. The number of hydrogen-bond acceptors (Lipinski definition) is 3. The van der Waals surface area contributed by atoms with Crippen LogP contribution in [0.15, 0.2) is 23.9 Å². The minimum atomic E-state index is 0.951. The molecule has 3 nitrogen and oxygen atoms in total. The van der Waals surface area contributed by atoms with Crippen LogP contribution in [0.25, 0.3) is 5.57 Å². The Morgan fingerprint density at radius 1 is 1.29 bits per heavy atom. The summed E-state index contributed by atoms with van der Waals surface area (Å²) in [6, 6.07) is 4.17. The lowest BCUT2D eigenvalue weighted by Gasteiger charge is -2.27. The molecule has 0 fully saturated rings. The van der Waals surface area contributed by atoms with Crippen LogP contribution in [0.4, 0.5) is 5.82 Å². The summed E-state index contributed by atoms with van der Waals surface area (Å²) >= 11 is 0. The molecule has 14 heavy (non-hydrogen) atoms. The fraction of sp³-hybridized carbons (Fsp3) is 0.364. The van der Waals surface area contributed by atoms with Crippen molar-refractivity contribution < 1.29 is 0 Å². The van der Waals surface area contributed by atoms with Crippen molar-refractivity contribution in [1.82, 2.24) is 10.3 Å². The van der Waals surface area contributed by atoms with E-state index in [0.717, 1.165) is 31.9 Å². The minimum absolute atomic E-state index is 0.951. The summed E-state index contributed by atoms with van der Waals surface area (Å²) in [5.74, 6) is 1.05. The summed E-state index contributed by atoms with van der Waals surface area (Å²) in [6.07, 6.45) is 2.98. The largest absolute Gasteiger partial charge is 0.366 e. The molecule has 2 N–H and O–H groups in total. The molecule has 3 heterocycles. The Morgan fingerprint density at radius 3 is 3.29 bits per heavy atom. The van der Waals surface area contributed by atoms with Crippen molar-refractivity contribution in [2.75, 3.05) is 25.0 Å². The molecule has 3 rings (SSSR count). The monoisotopic (exact) mass is 187 g/mol. The van der Waals surface area contributed by atoms with Crippen LogP contribution in [-0.2, 0) is 0 Å². The number of anilines is 1. The molecule has 0 saturated carbocycles. The second-order valence-electron chi connectivity index (χ2n) is 3.76. The molecule has 0 unspecified atom stereocenters. The fourth-order valence-electron chi connectivity index (χ4n) is 2.21. The van der Waals surface area contributed by atoms with Crippen LogP contribution in [-0.4, -0.2) is 24.6 Å². The number of hydrogen-bond donors (Lipinski definition) is 2. The van der Waals surface area contributed by atoms with E-state index in [1.54, 1.807) is 0 Å². The van der Waals surface area contributed by atoms with Gasteiger partial charge in [0.2, 0.25) is 0 Å². The van der Waals surface area contributed by atoms with E-state index in [4.69, 9.17) is 0 Å². The molecule has 2 aliphatic heterocycles. The van der Waals surface area contributed by atoms with Gasteiger partial charge in [0.05, 0.1) is 0 Å². The van der Waals surface area contributed by atoms with Gasteiger partial charge < -0.3 is 10.6 Å². The smallest absolute Gasteiger partial charge is 0.133 e. The van der Waals surface area contributed by atoms with E-state index in [9.17, 15) is 0 Å². The molecule has 0 saturated heterocycles. The molecular weight excluding hydrogens is 174 g/mol. The maximum absolute atomic E-state index is 4.34. The Hall–Kier alpha value is -1.35. The maximum atomic E-state index is 4.34. The molecular formula is C11H13N3. The highest BCUT2D eigenvalue weighted by Crippen LogP contribution is 2.32. The number of nitrogens with zero attached hydrogens (tertiary/aromatic N) is 1. The van der Waals surface area contributed by atoms with Crippen LogP contribution < -0.4 is 10.6 Å². The Balaban J connectivity index is 2.13. The van der Waals surface area contributed by atoms with Gasteiger partial charge in [0.1, 0.15) is 5.82 Å². The van der Waals surface area contributed by atoms with Gasteiger partial charge in [-0.3, -0.25) is 0 Å². The second-order valence-corrected chi connectivity index (χ2v) is 3.76. The first-order valence-corrected chi connectivity index (χ1v) is 5.06. The summed E-state index contributed by atoms with van der Waals surface area (Å²) in [6.45, 7) is 3.07. The first kappa shape index (κ1) is 8.00. The van der Waals surface area contributed by atoms with Crippen LogP contribution in [0, 0.1) is 0 Å². The van der Waals surface area contributed by atoms with Crippen LogP contribution in [0.3, 0.4) is 0 Å². The zero-order valence-corrected chi connectivity index (χ0v) is 8.01. The van der Waals surface area contributed by atoms with Gasteiger partial charge in [0, 0.05) is 24.8 Å². The highest BCUT2D eigenvalue weighted by molar-refractivity contribution is 5.80. The Bertz CT molecular complexity index is 395. The van der Waals surface area contributed by atoms with E-state index in [-0.39, 0.29) is 0 Å². The number of nitrogens with one attached hydrogen (secondary N) is 2. The summed E-state index contributed by atoms with van der Waals surface area (Å²) in [5, 5.41) is 6.75. The van der Waals surface area contributed by atoms with Crippen molar-refractivity contribution in [2.45, 2.75) is 6.42 Å². The molecule has 3 heteroatoms. The SMILES string of the molecule is c1cnc2c(c1)C1=C(CNCC1)CN2.